The highest BCUT2D eigenvalue weighted by Crippen LogP contribution is 2.23. The molecule has 1 saturated heterocycles. The van der Waals surface area contributed by atoms with Crippen molar-refractivity contribution in [1.29, 1.82) is 0 Å². The van der Waals surface area contributed by atoms with Gasteiger partial charge in [-0.2, -0.15) is 0 Å². The van der Waals surface area contributed by atoms with Crippen LogP contribution in [0.15, 0.2) is 24.4 Å². The van der Waals surface area contributed by atoms with Crippen LogP contribution >= 0.6 is 11.6 Å². The molecular formula is C15H19ClN4O. The first-order chi connectivity index (χ1) is 10.4. The van der Waals surface area contributed by atoms with Crippen molar-refractivity contribution < 1.29 is 6.48 Å². The van der Waals surface area contributed by atoms with Gasteiger partial charge in [-0.15, -0.1) is 5.10 Å². The zero-order chi connectivity index (χ0) is 15.7. The normalized spacial score (nSPS) is 19.5. The van der Waals surface area contributed by atoms with Gasteiger partial charge in [-0.1, -0.05) is 22.9 Å². The van der Waals surface area contributed by atoms with E-state index < -0.39 is 6.08 Å². The van der Waals surface area contributed by atoms with Crippen LogP contribution in [0, 0.1) is 6.92 Å². The highest BCUT2D eigenvalue weighted by Gasteiger charge is 2.17. The zero-order valence-corrected chi connectivity index (χ0v) is 12.7. The predicted molar refractivity (Wildman–Crippen MR) is 81.6 cm³/mol. The number of hydrogen-bond acceptors (Lipinski definition) is 4. The molecule has 0 spiro atoms. The van der Waals surface area contributed by atoms with E-state index in [0.29, 0.717) is 31.0 Å². The van der Waals surface area contributed by atoms with Crippen molar-refractivity contribution in [3.63, 3.8) is 0 Å². The van der Waals surface area contributed by atoms with E-state index in [0.717, 1.165) is 23.5 Å². The number of aliphatic hydroxyl groups is 1. The van der Waals surface area contributed by atoms with Gasteiger partial charge in [0, 0.05) is 24.7 Å². The summed E-state index contributed by atoms with van der Waals surface area (Å²) < 4.78 is 9.35. The second-order valence-electron chi connectivity index (χ2n) is 5.42. The summed E-state index contributed by atoms with van der Waals surface area (Å²) in [6.45, 7) is 4.04. The minimum atomic E-state index is -1.27. The van der Waals surface area contributed by atoms with Gasteiger partial charge >= 0.3 is 0 Å². The average molecular weight is 308 g/mol. The Morgan fingerprint density at radius 2 is 2.19 bits per heavy atom. The molecule has 3 rings (SSSR count). The first-order valence-electron chi connectivity index (χ1n) is 7.55. The molecule has 6 heteroatoms. The molecule has 0 radical (unpaired) electrons. The minimum absolute atomic E-state index is 0.473. The van der Waals surface area contributed by atoms with Crippen LogP contribution in [0.5, 0.6) is 0 Å². The molecule has 1 aliphatic rings. The fourth-order valence-electron chi connectivity index (χ4n) is 2.49. The second kappa shape index (κ2) is 6.13. The Morgan fingerprint density at radius 3 is 2.81 bits per heavy atom. The minimum Gasteiger partial charge on any atom is -0.393 e. The molecular weight excluding hydrogens is 288 g/mol. The summed E-state index contributed by atoms with van der Waals surface area (Å²) in [5.74, 6) is 0. The summed E-state index contributed by atoms with van der Waals surface area (Å²) in [6.07, 6.45) is 1.53. The van der Waals surface area contributed by atoms with Gasteiger partial charge in [0.05, 0.1) is 25.0 Å². The summed E-state index contributed by atoms with van der Waals surface area (Å²) >= 11 is 6.39. The number of hydrogen-bond donors (Lipinski definition) is 1. The predicted octanol–water partition coefficient (Wildman–Crippen LogP) is 2.19. The average Bonchev–Trinajstić information content (AvgIpc) is 2.90. The molecule has 1 aromatic heterocycles. The summed E-state index contributed by atoms with van der Waals surface area (Å²) in [5.41, 5.74) is 2.78. The van der Waals surface area contributed by atoms with E-state index in [2.05, 4.69) is 15.2 Å². The Morgan fingerprint density at radius 1 is 1.43 bits per heavy atom. The lowest BCUT2D eigenvalue weighted by Gasteiger charge is -2.29. The number of benzene rings is 1. The number of piperidine rings is 1. The maximum absolute atomic E-state index is 9.68. The molecule has 112 valence electrons. The molecule has 1 N–H and O–H groups in total. The van der Waals surface area contributed by atoms with Crippen LogP contribution in [0.3, 0.4) is 0 Å². The molecule has 0 saturated carbocycles. The molecule has 2 aromatic rings. The Balaban J connectivity index is 1.70. The third kappa shape index (κ3) is 3.43. The van der Waals surface area contributed by atoms with E-state index in [1.165, 1.54) is 0 Å². The number of likely N-dealkylation sites (tertiary alicyclic amines) is 1. The Hall–Kier alpha value is -1.43. The summed E-state index contributed by atoms with van der Waals surface area (Å²) in [6, 6.07) is 5.85. The van der Waals surface area contributed by atoms with Crippen LogP contribution in [-0.2, 0) is 6.54 Å². The van der Waals surface area contributed by atoms with Crippen molar-refractivity contribution in [1.82, 2.24) is 19.9 Å². The van der Waals surface area contributed by atoms with Gasteiger partial charge in [-0.05, 0) is 37.5 Å². The Kier molecular flexibility index (Phi) is 3.87. The molecule has 1 fully saturated rings. The van der Waals surface area contributed by atoms with Gasteiger partial charge < -0.3 is 5.11 Å². The number of rotatable bonds is 3. The van der Waals surface area contributed by atoms with E-state index in [1.54, 1.807) is 4.68 Å². The van der Waals surface area contributed by atoms with E-state index in [-0.39, 0.29) is 0 Å². The van der Waals surface area contributed by atoms with Crippen LogP contribution in [0.25, 0.3) is 5.69 Å². The fourth-order valence-corrected chi connectivity index (χ4v) is 2.73. The van der Waals surface area contributed by atoms with Gasteiger partial charge in [0.25, 0.3) is 0 Å². The van der Waals surface area contributed by atoms with Gasteiger partial charge in [-0.3, -0.25) is 4.90 Å². The summed E-state index contributed by atoms with van der Waals surface area (Å²) in [5, 5.41) is 18.4. The molecule has 1 aliphatic heterocycles. The van der Waals surface area contributed by atoms with Crippen molar-refractivity contribution in [2.24, 2.45) is 0 Å². The lowest BCUT2D eigenvalue weighted by Crippen LogP contribution is -2.35. The van der Waals surface area contributed by atoms with Crippen molar-refractivity contribution in [2.45, 2.75) is 32.4 Å². The van der Waals surface area contributed by atoms with Crippen LogP contribution < -0.4 is 0 Å². The van der Waals surface area contributed by atoms with E-state index in [9.17, 15) is 5.11 Å². The molecule has 5 nitrogen and oxygen atoms in total. The van der Waals surface area contributed by atoms with Gasteiger partial charge in [-0.25, -0.2) is 4.68 Å². The van der Waals surface area contributed by atoms with Crippen molar-refractivity contribution >= 4 is 11.6 Å². The molecule has 0 aliphatic carbocycles. The molecule has 0 amide bonds. The molecule has 0 unspecified atom stereocenters. The molecule has 21 heavy (non-hydrogen) atoms. The van der Waals surface area contributed by atoms with Crippen LogP contribution in [0.4, 0.5) is 0 Å². The number of nitrogens with zero attached hydrogens (tertiary/aromatic N) is 4. The highest BCUT2D eigenvalue weighted by molar-refractivity contribution is 6.31. The molecule has 2 heterocycles. The number of aryl methyl sites for hydroxylation is 1. The smallest absolute Gasteiger partial charge is 0.0800 e. The molecule has 0 atom stereocenters. The number of aromatic nitrogens is 3. The second-order valence-corrected chi connectivity index (χ2v) is 5.83. The third-order valence-electron chi connectivity index (χ3n) is 3.74. The lowest BCUT2D eigenvalue weighted by molar-refractivity contribution is 0.0792. The van der Waals surface area contributed by atoms with E-state index in [1.807, 2.05) is 31.3 Å². The fraction of sp³-hybridized carbons (Fsp3) is 0.467. The van der Waals surface area contributed by atoms with E-state index >= 15 is 0 Å². The zero-order valence-electron chi connectivity index (χ0n) is 13.0. The monoisotopic (exact) mass is 307 g/mol. The third-order valence-corrected chi connectivity index (χ3v) is 4.09. The first-order valence-corrected chi connectivity index (χ1v) is 7.43. The van der Waals surface area contributed by atoms with Crippen LogP contribution in [-0.4, -0.2) is 44.2 Å². The van der Waals surface area contributed by atoms with Gasteiger partial charge in [0.2, 0.25) is 0 Å². The van der Waals surface area contributed by atoms with E-state index in [4.69, 9.17) is 13.0 Å². The maximum Gasteiger partial charge on any atom is 0.0800 e. The van der Waals surface area contributed by atoms with Crippen LogP contribution in [0.2, 0.25) is 5.02 Å². The lowest BCUT2D eigenvalue weighted by atomic mass is 10.1. The maximum atomic E-state index is 9.68. The molecule has 1 aromatic carbocycles. The Labute approximate surface area is 130 Å². The topological polar surface area (TPSA) is 54.2 Å². The standard InChI is InChI=1S/C15H19ClN4O/c1-11-9-20(18-17-11)13-3-2-12(15(16)8-13)10-19-6-4-14(21)5-7-19/h2-3,8-9,14,21H,4-7,10H2,1H3/i14D. The number of halogens is 1. The van der Waals surface area contributed by atoms with Crippen molar-refractivity contribution in [2.75, 3.05) is 13.1 Å². The highest BCUT2D eigenvalue weighted by atomic mass is 35.5. The Bertz CT molecular complexity index is 663. The van der Waals surface area contributed by atoms with Gasteiger partial charge in [0.1, 0.15) is 0 Å². The molecule has 0 bridgehead atoms. The van der Waals surface area contributed by atoms with Crippen molar-refractivity contribution in [3.05, 3.63) is 40.7 Å². The van der Waals surface area contributed by atoms with Crippen molar-refractivity contribution in [3.8, 4) is 5.69 Å². The summed E-state index contributed by atoms with van der Waals surface area (Å²) in [7, 11) is 0. The summed E-state index contributed by atoms with van der Waals surface area (Å²) in [4.78, 5) is 2.21. The first kappa shape index (κ1) is 13.2. The quantitative estimate of drug-likeness (QED) is 0.944. The van der Waals surface area contributed by atoms with Crippen LogP contribution in [0.1, 0.15) is 25.5 Å². The van der Waals surface area contributed by atoms with Gasteiger partial charge in [0.15, 0.2) is 0 Å². The SMILES string of the molecule is [2H]C1(O)CCN(Cc2ccc(-n3cc(C)nn3)cc2Cl)CC1. The largest absolute Gasteiger partial charge is 0.393 e.